The Kier molecular flexibility index (Phi) is 3.29. The van der Waals surface area contributed by atoms with E-state index < -0.39 is 10.8 Å². The van der Waals surface area contributed by atoms with Gasteiger partial charge in [0.1, 0.15) is 5.69 Å². The molecule has 0 spiro atoms. The van der Waals surface area contributed by atoms with Crippen molar-refractivity contribution >= 4 is 28.9 Å². The van der Waals surface area contributed by atoms with Crippen LogP contribution in [-0.2, 0) is 0 Å². The van der Waals surface area contributed by atoms with Crippen molar-refractivity contribution in [2.75, 3.05) is 5.32 Å². The van der Waals surface area contributed by atoms with Gasteiger partial charge in [0.2, 0.25) is 0 Å². The van der Waals surface area contributed by atoms with Gasteiger partial charge in [0, 0.05) is 11.1 Å². The van der Waals surface area contributed by atoms with Crippen LogP contribution in [0.5, 0.6) is 0 Å². The Morgan fingerprint density at radius 1 is 1.39 bits per heavy atom. The molecule has 92 valence electrons. The first kappa shape index (κ1) is 12.1. The summed E-state index contributed by atoms with van der Waals surface area (Å²) in [6.07, 6.45) is 1.34. The predicted molar refractivity (Wildman–Crippen MR) is 64.8 cm³/mol. The lowest BCUT2D eigenvalue weighted by molar-refractivity contribution is -0.383. The second-order valence-electron chi connectivity index (χ2n) is 3.35. The first-order valence-electron chi connectivity index (χ1n) is 4.87. The van der Waals surface area contributed by atoms with Crippen molar-refractivity contribution in [3.63, 3.8) is 0 Å². The molecular formula is C11H7ClN2O4. The van der Waals surface area contributed by atoms with E-state index in [1.807, 2.05) is 0 Å². The minimum absolute atomic E-state index is 0.0609. The maximum Gasteiger partial charge on any atom is 0.294 e. The molecule has 0 unspecified atom stereocenters. The monoisotopic (exact) mass is 266 g/mol. The molecule has 0 radical (unpaired) electrons. The molecule has 7 heteroatoms. The highest BCUT2D eigenvalue weighted by Crippen LogP contribution is 2.28. The number of nitrogens with zero attached hydrogens (tertiary/aromatic N) is 1. The van der Waals surface area contributed by atoms with Crippen molar-refractivity contribution in [2.24, 2.45) is 0 Å². The molecule has 6 nitrogen and oxygen atoms in total. The van der Waals surface area contributed by atoms with E-state index in [4.69, 9.17) is 16.0 Å². The Hall–Kier alpha value is -2.34. The van der Waals surface area contributed by atoms with E-state index in [0.29, 0.717) is 0 Å². The standard InChI is InChI=1S/C11H7ClN2O4/c12-7-3-4-8(9(6-7)14(16)17)13-11(15)10-2-1-5-18-10/h1-6H,(H,13,15). The molecule has 0 aliphatic heterocycles. The number of carbonyl (C=O) groups excluding carboxylic acids is 1. The third kappa shape index (κ3) is 2.49. The Bertz CT molecular complexity index is 595. The smallest absolute Gasteiger partial charge is 0.294 e. The van der Waals surface area contributed by atoms with E-state index in [9.17, 15) is 14.9 Å². The highest BCUT2D eigenvalue weighted by atomic mass is 35.5. The zero-order valence-electron chi connectivity index (χ0n) is 8.92. The van der Waals surface area contributed by atoms with Crippen molar-refractivity contribution in [2.45, 2.75) is 0 Å². The molecule has 0 saturated carbocycles. The Balaban J connectivity index is 2.29. The molecule has 18 heavy (non-hydrogen) atoms. The number of nitro benzene ring substituents is 1. The number of carbonyl (C=O) groups is 1. The quantitative estimate of drug-likeness (QED) is 0.683. The van der Waals surface area contributed by atoms with Crippen LogP contribution in [0.2, 0.25) is 5.02 Å². The lowest BCUT2D eigenvalue weighted by Gasteiger charge is -2.04. The van der Waals surface area contributed by atoms with Crippen molar-refractivity contribution in [1.29, 1.82) is 0 Å². The van der Waals surface area contributed by atoms with Crippen LogP contribution < -0.4 is 5.32 Å². The number of hydrogen-bond acceptors (Lipinski definition) is 4. The van der Waals surface area contributed by atoms with Gasteiger partial charge in [-0.1, -0.05) is 11.6 Å². The van der Waals surface area contributed by atoms with Gasteiger partial charge in [-0.2, -0.15) is 0 Å². The van der Waals surface area contributed by atoms with E-state index in [1.165, 1.54) is 30.5 Å². The topological polar surface area (TPSA) is 85.4 Å². The maximum atomic E-state index is 11.7. The SMILES string of the molecule is O=C(Nc1ccc(Cl)cc1[N+](=O)[O-])c1ccco1. The molecule has 0 saturated heterocycles. The van der Waals surface area contributed by atoms with Gasteiger partial charge in [0.15, 0.2) is 5.76 Å². The summed E-state index contributed by atoms with van der Waals surface area (Å²) in [6.45, 7) is 0. The van der Waals surface area contributed by atoms with E-state index in [-0.39, 0.29) is 22.2 Å². The third-order valence-corrected chi connectivity index (χ3v) is 2.38. The molecule has 1 aromatic carbocycles. The number of furan rings is 1. The van der Waals surface area contributed by atoms with Gasteiger partial charge in [-0.3, -0.25) is 14.9 Å². The summed E-state index contributed by atoms with van der Waals surface area (Å²) < 4.78 is 4.88. The second kappa shape index (κ2) is 4.89. The van der Waals surface area contributed by atoms with Gasteiger partial charge >= 0.3 is 0 Å². The molecule has 2 rings (SSSR count). The van der Waals surface area contributed by atoms with E-state index >= 15 is 0 Å². The molecule has 0 aliphatic rings. The van der Waals surface area contributed by atoms with Crippen LogP contribution in [0.15, 0.2) is 41.0 Å². The van der Waals surface area contributed by atoms with E-state index in [1.54, 1.807) is 6.07 Å². The van der Waals surface area contributed by atoms with Crippen LogP contribution in [-0.4, -0.2) is 10.8 Å². The fraction of sp³-hybridized carbons (Fsp3) is 0. The van der Waals surface area contributed by atoms with E-state index in [2.05, 4.69) is 5.32 Å². The van der Waals surface area contributed by atoms with Gasteiger partial charge in [0.25, 0.3) is 11.6 Å². The normalized spacial score (nSPS) is 10.1. The molecule has 0 bridgehead atoms. The highest BCUT2D eigenvalue weighted by Gasteiger charge is 2.18. The second-order valence-corrected chi connectivity index (χ2v) is 3.79. The van der Waals surface area contributed by atoms with Crippen LogP contribution in [0, 0.1) is 10.1 Å². The number of hydrogen-bond donors (Lipinski definition) is 1. The fourth-order valence-electron chi connectivity index (χ4n) is 1.35. The number of nitrogens with one attached hydrogen (secondary N) is 1. The van der Waals surface area contributed by atoms with Crippen LogP contribution in [0.1, 0.15) is 10.6 Å². The first-order chi connectivity index (χ1) is 8.58. The lowest BCUT2D eigenvalue weighted by Crippen LogP contribution is -2.12. The van der Waals surface area contributed by atoms with Gasteiger partial charge < -0.3 is 9.73 Å². The van der Waals surface area contributed by atoms with E-state index in [0.717, 1.165) is 0 Å². The highest BCUT2D eigenvalue weighted by molar-refractivity contribution is 6.31. The lowest BCUT2D eigenvalue weighted by atomic mass is 10.2. The summed E-state index contributed by atoms with van der Waals surface area (Å²) in [5, 5.41) is 13.4. The number of anilines is 1. The molecule has 1 N–H and O–H groups in total. The summed E-state index contributed by atoms with van der Waals surface area (Å²) in [7, 11) is 0. The number of amides is 1. The fourth-order valence-corrected chi connectivity index (χ4v) is 1.52. The zero-order valence-corrected chi connectivity index (χ0v) is 9.68. The summed E-state index contributed by atoms with van der Waals surface area (Å²) >= 11 is 5.66. The van der Waals surface area contributed by atoms with Crippen molar-refractivity contribution in [1.82, 2.24) is 0 Å². The largest absolute Gasteiger partial charge is 0.459 e. The Labute approximate surface area is 106 Å². The maximum absolute atomic E-state index is 11.7. The van der Waals surface area contributed by atoms with Crippen molar-refractivity contribution in [3.8, 4) is 0 Å². The van der Waals surface area contributed by atoms with Crippen LogP contribution in [0.25, 0.3) is 0 Å². The number of rotatable bonds is 3. The summed E-state index contributed by atoms with van der Waals surface area (Å²) in [5.41, 5.74) is -0.215. The molecule has 1 aromatic heterocycles. The van der Waals surface area contributed by atoms with Gasteiger partial charge in [-0.25, -0.2) is 0 Å². The molecule has 2 aromatic rings. The van der Waals surface area contributed by atoms with Gasteiger partial charge in [-0.05, 0) is 24.3 Å². The molecular weight excluding hydrogens is 260 g/mol. The molecule has 0 atom stereocenters. The summed E-state index contributed by atoms with van der Waals surface area (Å²) in [5.74, 6) is -0.496. The molecule has 1 heterocycles. The average molecular weight is 267 g/mol. The molecule has 0 fully saturated rings. The van der Waals surface area contributed by atoms with Crippen LogP contribution in [0.4, 0.5) is 11.4 Å². The Morgan fingerprint density at radius 3 is 2.78 bits per heavy atom. The van der Waals surface area contributed by atoms with Gasteiger partial charge in [-0.15, -0.1) is 0 Å². The number of benzene rings is 1. The van der Waals surface area contributed by atoms with Gasteiger partial charge in [0.05, 0.1) is 11.2 Å². The third-order valence-electron chi connectivity index (χ3n) is 2.15. The summed E-state index contributed by atoms with van der Waals surface area (Å²) in [6, 6.07) is 6.98. The van der Waals surface area contributed by atoms with Crippen LogP contribution in [0.3, 0.4) is 0 Å². The summed E-state index contributed by atoms with van der Waals surface area (Å²) in [4.78, 5) is 21.9. The predicted octanol–water partition coefficient (Wildman–Crippen LogP) is 3.09. The molecule has 1 amide bonds. The minimum Gasteiger partial charge on any atom is -0.459 e. The number of halogens is 1. The number of nitro groups is 1. The van der Waals surface area contributed by atoms with Crippen molar-refractivity contribution < 1.29 is 14.1 Å². The molecule has 0 aliphatic carbocycles. The van der Waals surface area contributed by atoms with Crippen LogP contribution >= 0.6 is 11.6 Å². The van der Waals surface area contributed by atoms with Crippen molar-refractivity contribution in [3.05, 3.63) is 57.5 Å². The average Bonchev–Trinajstić information content (AvgIpc) is 2.84. The zero-order chi connectivity index (χ0) is 13.1. The Morgan fingerprint density at radius 2 is 2.17 bits per heavy atom. The first-order valence-corrected chi connectivity index (χ1v) is 5.24. The minimum atomic E-state index is -0.621.